The molecule has 2 aliphatic rings. The van der Waals surface area contributed by atoms with Crippen LogP contribution in [0.1, 0.15) is 36.9 Å². The number of anilines is 1. The molecule has 8 nitrogen and oxygen atoms in total. The molecular formula is C27H36N4O4. The lowest BCUT2D eigenvalue weighted by Gasteiger charge is -2.38. The third kappa shape index (κ3) is 6.94. The van der Waals surface area contributed by atoms with Crippen molar-refractivity contribution in [2.45, 2.75) is 38.6 Å². The molecular weight excluding hydrogens is 444 g/mol. The van der Waals surface area contributed by atoms with Crippen LogP contribution >= 0.6 is 0 Å². The Morgan fingerprint density at radius 3 is 2.94 bits per heavy atom. The van der Waals surface area contributed by atoms with E-state index in [1.165, 1.54) is 0 Å². The van der Waals surface area contributed by atoms with E-state index in [0.29, 0.717) is 26.2 Å². The lowest BCUT2D eigenvalue weighted by molar-refractivity contribution is -0.139. The number of nitrogens with one attached hydrogen (secondary N) is 1. The number of hydrogen-bond acceptors (Lipinski definition) is 6. The van der Waals surface area contributed by atoms with E-state index in [0.717, 1.165) is 54.9 Å². The second-order valence-electron chi connectivity index (χ2n) is 9.63. The molecule has 0 radical (unpaired) electrons. The number of carboxylic acid groups (broad SMARTS) is 1. The number of amides is 1. The van der Waals surface area contributed by atoms with Crippen molar-refractivity contribution < 1.29 is 19.4 Å². The van der Waals surface area contributed by atoms with Gasteiger partial charge in [0.05, 0.1) is 13.2 Å². The van der Waals surface area contributed by atoms with Gasteiger partial charge in [-0.2, -0.15) is 0 Å². The van der Waals surface area contributed by atoms with E-state index >= 15 is 0 Å². The summed E-state index contributed by atoms with van der Waals surface area (Å²) in [5, 5.41) is 12.6. The first-order chi connectivity index (χ1) is 17.0. The van der Waals surface area contributed by atoms with Gasteiger partial charge in [0.2, 0.25) is 5.91 Å². The Balaban J connectivity index is 1.43. The minimum Gasteiger partial charge on any atom is -0.493 e. The maximum atomic E-state index is 12.9. The van der Waals surface area contributed by atoms with Crippen LogP contribution < -0.4 is 15.0 Å². The summed E-state index contributed by atoms with van der Waals surface area (Å²) in [6, 6.07) is 12.2. The van der Waals surface area contributed by atoms with E-state index in [1.807, 2.05) is 35.4 Å². The SMILES string of the molecule is CN(CCc1ccccn1)c1ccc2c(c1)CNCC(=O)N1CC[C@@H](CC(=O)O)[C@@H](CCCO2)C1. The van der Waals surface area contributed by atoms with Gasteiger partial charge in [0.15, 0.2) is 0 Å². The van der Waals surface area contributed by atoms with Crippen molar-refractivity contribution in [1.29, 1.82) is 0 Å². The van der Waals surface area contributed by atoms with Crippen molar-refractivity contribution in [3.8, 4) is 5.75 Å². The zero-order valence-corrected chi connectivity index (χ0v) is 20.5. The van der Waals surface area contributed by atoms with E-state index in [2.05, 4.69) is 34.4 Å². The van der Waals surface area contributed by atoms with E-state index in [1.54, 1.807) is 0 Å². The maximum Gasteiger partial charge on any atom is 0.303 e. The van der Waals surface area contributed by atoms with Crippen molar-refractivity contribution >= 4 is 17.6 Å². The molecule has 2 N–H and O–H groups in total. The van der Waals surface area contributed by atoms with E-state index in [9.17, 15) is 14.7 Å². The normalized spacial score (nSPS) is 21.1. The summed E-state index contributed by atoms with van der Waals surface area (Å²) < 4.78 is 6.16. The minimum atomic E-state index is -0.759. The monoisotopic (exact) mass is 480 g/mol. The molecule has 2 aromatic rings. The predicted octanol–water partition coefficient (Wildman–Crippen LogP) is 2.96. The summed E-state index contributed by atoms with van der Waals surface area (Å²) in [7, 11) is 2.07. The molecule has 4 rings (SSSR count). The van der Waals surface area contributed by atoms with Crippen LogP contribution in [0, 0.1) is 11.8 Å². The highest BCUT2D eigenvalue weighted by atomic mass is 16.5. The molecule has 2 atom stereocenters. The highest BCUT2D eigenvalue weighted by molar-refractivity contribution is 5.78. The fourth-order valence-electron chi connectivity index (χ4n) is 5.11. The van der Waals surface area contributed by atoms with Crippen molar-refractivity contribution in [2.75, 3.05) is 44.7 Å². The average Bonchev–Trinajstić information content (AvgIpc) is 2.87. The molecule has 3 heterocycles. The van der Waals surface area contributed by atoms with Gasteiger partial charge in [0, 0.05) is 69.2 Å². The van der Waals surface area contributed by atoms with Crippen LogP contribution in [-0.2, 0) is 22.6 Å². The standard InChI is InChI=1S/C27H36N4O4/c1-30(12-10-23-6-2-3-11-29-23)24-7-8-25-22(15-24)17-28-18-26(32)31-13-9-20(16-27(33)34)21(19-31)5-4-14-35-25/h2-3,6-8,11,15,20-21,28H,4-5,9-10,12-14,16-19H2,1H3,(H,33,34)/t20-,21-/m0/s1. The number of aliphatic carboxylic acids is 1. The number of carboxylic acids is 1. The summed E-state index contributed by atoms with van der Waals surface area (Å²) in [5.74, 6) is 0.463. The maximum absolute atomic E-state index is 12.9. The van der Waals surface area contributed by atoms with Gasteiger partial charge in [-0.25, -0.2) is 0 Å². The largest absolute Gasteiger partial charge is 0.493 e. The number of pyridine rings is 1. The number of carbonyl (C=O) groups excluding carboxylic acids is 1. The number of hydrogen-bond donors (Lipinski definition) is 2. The van der Waals surface area contributed by atoms with Crippen molar-refractivity contribution in [3.05, 3.63) is 53.9 Å². The van der Waals surface area contributed by atoms with Crippen molar-refractivity contribution in [1.82, 2.24) is 15.2 Å². The summed E-state index contributed by atoms with van der Waals surface area (Å²) >= 11 is 0. The van der Waals surface area contributed by atoms with Gasteiger partial charge in [-0.1, -0.05) is 6.07 Å². The summed E-state index contributed by atoms with van der Waals surface area (Å²) in [4.78, 5) is 32.7. The van der Waals surface area contributed by atoms with Crippen LogP contribution in [0.4, 0.5) is 5.69 Å². The minimum absolute atomic E-state index is 0.0779. The molecule has 1 aromatic heterocycles. The Hall–Kier alpha value is -3.13. The number of carbonyl (C=O) groups is 2. The number of rotatable bonds is 6. The number of benzene rings is 1. The predicted molar refractivity (Wildman–Crippen MR) is 135 cm³/mol. The number of likely N-dealkylation sites (N-methyl/N-ethyl adjacent to an activating group) is 1. The highest BCUT2D eigenvalue weighted by Gasteiger charge is 2.32. The van der Waals surface area contributed by atoms with Gasteiger partial charge < -0.3 is 25.0 Å². The second-order valence-corrected chi connectivity index (χ2v) is 9.63. The van der Waals surface area contributed by atoms with Crippen LogP contribution in [-0.4, -0.2) is 66.7 Å². The molecule has 8 heteroatoms. The average molecular weight is 481 g/mol. The smallest absolute Gasteiger partial charge is 0.303 e. The molecule has 2 aliphatic heterocycles. The van der Waals surface area contributed by atoms with Crippen LogP contribution in [0.2, 0.25) is 0 Å². The first-order valence-electron chi connectivity index (χ1n) is 12.6. The molecule has 1 fully saturated rings. The number of ether oxygens (including phenoxy) is 1. The molecule has 0 saturated carbocycles. The summed E-state index contributed by atoms with van der Waals surface area (Å²) in [5.41, 5.74) is 3.19. The zero-order valence-electron chi connectivity index (χ0n) is 20.5. The molecule has 1 aromatic carbocycles. The molecule has 2 bridgehead atoms. The topological polar surface area (TPSA) is 95.0 Å². The lowest BCUT2D eigenvalue weighted by atomic mass is 9.80. The molecule has 0 spiro atoms. The second kappa shape index (κ2) is 12.0. The molecule has 188 valence electrons. The fourth-order valence-corrected chi connectivity index (χ4v) is 5.11. The van der Waals surface area contributed by atoms with Crippen molar-refractivity contribution in [3.63, 3.8) is 0 Å². The Morgan fingerprint density at radius 2 is 2.14 bits per heavy atom. The van der Waals surface area contributed by atoms with Gasteiger partial charge in [-0.15, -0.1) is 0 Å². The lowest BCUT2D eigenvalue weighted by Crippen LogP contribution is -2.47. The van der Waals surface area contributed by atoms with Crippen LogP contribution in [0.3, 0.4) is 0 Å². The van der Waals surface area contributed by atoms with Crippen LogP contribution in [0.5, 0.6) is 5.75 Å². The van der Waals surface area contributed by atoms with Gasteiger partial charge >= 0.3 is 5.97 Å². The molecule has 1 amide bonds. The molecule has 35 heavy (non-hydrogen) atoms. The third-order valence-electron chi connectivity index (χ3n) is 7.16. The number of fused-ring (bicyclic) bond motifs is 3. The van der Waals surface area contributed by atoms with Crippen LogP contribution in [0.25, 0.3) is 0 Å². The Labute approximate surface area is 207 Å². The summed E-state index contributed by atoms with van der Waals surface area (Å²) in [6.07, 6.45) is 5.29. The fraction of sp³-hybridized carbons (Fsp3) is 0.519. The summed E-state index contributed by atoms with van der Waals surface area (Å²) in [6.45, 7) is 3.49. The number of nitrogens with zero attached hydrogens (tertiary/aromatic N) is 3. The Morgan fingerprint density at radius 1 is 1.26 bits per heavy atom. The molecule has 1 saturated heterocycles. The zero-order chi connectivity index (χ0) is 24.6. The quantitative estimate of drug-likeness (QED) is 0.656. The Bertz CT molecular complexity index is 1000. The van der Waals surface area contributed by atoms with Gasteiger partial charge in [0.1, 0.15) is 5.75 Å². The Kier molecular flexibility index (Phi) is 8.58. The van der Waals surface area contributed by atoms with E-state index in [4.69, 9.17) is 4.74 Å². The first-order valence-corrected chi connectivity index (χ1v) is 12.6. The first kappa shape index (κ1) is 25.0. The number of piperidine rings is 1. The van der Waals surface area contributed by atoms with E-state index in [-0.39, 0.29) is 30.7 Å². The van der Waals surface area contributed by atoms with Gasteiger partial charge in [-0.3, -0.25) is 14.6 Å². The highest BCUT2D eigenvalue weighted by Crippen LogP contribution is 2.31. The van der Waals surface area contributed by atoms with Gasteiger partial charge in [0.25, 0.3) is 0 Å². The molecule has 0 unspecified atom stereocenters. The number of aromatic nitrogens is 1. The molecule has 0 aliphatic carbocycles. The van der Waals surface area contributed by atoms with Crippen molar-refractivity contribution in [2.24, 2.45) is 11.8 Å². The van der Waals surface area contributed by atoms with E-state index < -0.39 is 5.97 Å². The third-order valence-corrected chi connectivity index (χ3v) is 7.16. The van der Waals surface area contributed by atoms with Crippen LogP contribution in [0.15, 0.2) is 42.6 Å². The van der Waals surface area contributed by atoms with Gasteiger partial charge in [-0.05, 0) is 61.4 Å².